The Hall–Kier alpha value is -3.29. The third kappa shape index (κ3) is 4.74. The second kappa shape index (κ2) is 9.68. The summed E-state index contributed by atoms with van der Waals surface area (Å²) in [5.41, 5.74) is 5.75. The van der Waals surface area contributed by atoms with Gasteiger partial charge in [0.1, 0.15) is 17.2 Å². The van der Waals surface area contributed by atoms with Crippen LogP contribution in [0.15, 0.2) is 70.7 Å². The van der Waals surface area contributed by atoms with Gasteiger partial charge in [0.2, 0.25) is 0 Å². The first kappa shape index (κ1) is 22.9. The lowest BCUT2D eigenvalue weighted by Gasteiger charge is -2.16. The molecule has 2 amide bonds. The lowest BCUT2D eigenvalue weighted by atomic mass is 10.1. The van der Waals surface area contributed by atoms with Gasteiger partial charge >= 0.3 is 0 Å². The number of carbonyl (C=O) groups is 2. The van der Waals surface area contributed by atoms with Crippen molar-refractivity contribution in [1.82, 2.24) is 5.43 Å². The molecule has 3 aromatic rings. The molecule has 1 fully saturated rings. The summed E-state index contributed by atoms with van der Waals surface area (Å²) in [6.45, 7) is 2.31. The number of carbonyl (C=O) groups excluding carboxylic acids is 2. The summed E-state index contributed by atoms with van der Waals surface area (Å²) in [6, 6.07) is 18.5. The number of aryl methyl sites for hydroxylation is 1. The number of nitrogens with zero attached hydrogens (tertiary/aromatic N) is 1. The molecule has 168 valence electrons. The van der Waals surface area contributed by atoms with Crippen molar-refractivity contribution < 1.29 is 19.1 Å². The van der Waals surface area contributed by atoms with Gasteiger partial charge in [-0.2, -0.15) is 0 Å². The van der Waals surface area contributed by atoms with Crippen molar-refractivity contribution >= 4 is 51.1 Å². The number of hydrogen-bond donors (Lipinski definition) is 1. The minimum Gasteiger partial charge on any atom is -0.493 e. The van der Waals surface area contributed by atoms with Gasteiger partial charge in [0.25, 0.3) is 11.8 Å². The summed E-state index contributed by atoms with van der Waals surface area (Å²) in [7, 11) is 1.50. The minimum absolute atomic E-state index is 0.0221. The summed E-state index contributed by atoms with van der Waals surface area (Å²) < 4.78 is 11.9. The predicted molar refractivity (Wildman–Crippen MR) is 131 cm³/mol. The molecule has 3 aromatic carbocycles. The minimum atomic E-state index is -0.509. The standard InChI is InChI=1S/C25H20BrClN2O4/c1-15-7-6-8-16(11-15)14-33-23-20(32-2)13-17(21(26)22(23)27)12-19-24(30)28-29(25(19)31)18-9-4-3-5-10-18/h3-13H,14H2,1-2H3,(H,28,30)/b19-12-. The van der Waals surface area contributed by atoms with E-state index in [0.717, 1.165) is 11.1 Å². The van der Waals surface area contributed by atoms with E-state index in [-0.39, 0.29) is 10.6 Å². The molecule has 0 bridgehead atoms. The van der Waals surface area contributed by atoms with E-state index in [1.165, 1.54) is 18.2 Å². The molecular formula is C25H20BrClN2O4. The molecule has 1 heterocycles. The lowest BCUT2D eigenvalue weighted by Crippen LogP contribution is -2.35. The maximum Gasteiger partial charge on any atom is 0.282 e. The van der Waals surface area contributed by atoms with Crippen molar-refractivity contribution in [1.29, 1.82) is 0 Å². The second-order valence-electron chi connectivity index (χ2n) is 7.38. The quantitative estimate of drug-likeness (QED) is 0.341. The van der Waals surface area contributed by atoms with Gasteiger partial charge in [0.05, 0.1) is 12.8 Å². The fourth-order valence-electron chi connectivity index (χ4n) is 3.43. The van der Waals surface area contributed by atoms with Crippen molar-refractivity contribution in [3.8, 4) is 11.5 Å². The van der Waals surface area contributed by atoms with Gasteiger partial charge in [-0.25, -0.2) is 5.01 Å². The molecule has 8 heteroatoms. The van der Waals surface area contributed by atoms with Gasteiger partial charge in [0, 0.05) is 4.47 Å². The summed E-state index contributed by atoms with van der Waals surface area (Å²) in [5.74, 6) is -0.227. The number of ether oxygens (including phenoxy) is 2. The average molecular weight is 528 g/mol. The molecule has 1 aliphatic heterocycles. The normalized spacial score (nSPS) is 14.5. The summed E-state index contributed by atoms with van der Waals surface area (Å²) in [4.78, 5) is 25.4. The number of halogens is 2. The molecule has 0 aliphatic carbocycles. The van der Waals surface area contributed by atoms with Crippen LogP contribution in [0.1, 0.15) is 16.7 Å². The van der Waals surface area contributed by atoms with Crippen LogP contribution in [0.25, 0.3) is 6.08 Å². The van der Waals surface area contributed by atoms with Gasteiger partial charge in [0.15, 0.2) is 11.5 Å². The molecule has 1 saturated heterocycles. The molecule has 1 N–H and O–H groups in total. The van der Waals surface area contributed by atoms with Crippen LogP contribution >= 0.6 is 27.5 Å². The van der Waals surface area contributed by atoms with Crippen LogP contribution in [-0.2, 0) is 16.2 Å². The van der Waals surface area contributed by atoms with Crippen molar-refractivity contribution in [2.45, 2.75) is 13.5 Å². The predicted octanol–water partition coefficient (Wildman–Crippen LogP) is 5.46. The Labute approximate surface area is 204 Å². The zero-order valence-corrected chi connectivity index (χ0v) is 20.2. The maximum atomic E-state index is 12.9. The second-order valence-corrected chi connectivity index (χ2v) is 8.55. The van der Waals surface area contributed by atoms with Crippen LogP contribution in [0.4, 0.5) is 5.69 Å². The fraction of sp³-hybridized carbons (Fsp3) is 0.120. The molecule has 0 saturated carbocycles. The van der Waals surface area contributed by atoms with Crippen LogP contribution in [0.3, 0.4) is 0 Å². The van der Waals surface area contributed by atoms with Crippen molar-refractivity contribution in [3.05, 3.63) is 92.4 Å². The molecule has 0 atom stereocenters. The SMILES string of the molecule is COc1cc(/C=C2/C(=O)NN(c3ccccc3)C2=O)c(Br)c(Cl)c1OCc1cccc(C)c1. The van der Waals surface area contributed by atoms with Crippen LogP contribution in [0.2, 0.25) is 5.02 Å². The Bertz CT molecular complexity index is 1260. The van der Waals surface area contributed by atoms with Crippen LogP contribution in [0.5, 0.6) is 11.5 Å². The van der Waals surface area contributed by atoms with Crippen LogP contribution < -0.4 is 19.9 Å². The molecule has 0 spiro atoms. The van der Waals surface area contributed by atoms with Gasteiger partial charge in [-0.15, -0.1) is 0 Å². The number of para-hydroxylation sites is 1. The highest BCUT2D eigenvalue weighted by atomic mass is 79.9. The van der Waals surface area contributed by atoms with Crippen LogP contribution in [-0.4, -0.2) is 18.9 Å². The third-order valence-electron chi connectivity index (χ3n) is 5.05. The number of hydrogen-bond acceptors (Lipinski definition) is 4. The molecule has 1 aliphatic rings. The first-order valence-electron chi connectivity index (χ1n) is 10.1. The van der Waals surface area contributed by atoms with Gasteiger partial charge in [-0.1, -0.05) is 59.6 Å². The number of methoxy groups -OCH3 is 1. The molecule has 0 aromatic heterocycles. The molecule has 6 nitrogen and oxygen atoms in total. The Morgan fingerprint density at radius 3 is 2.55 bits per heavy atom. The van der Waals surface area contributed by atoms with Crippen molar-refractivity contribution in [2.75, 3.05) is 12.1 Å². The van der Waals surface area contributed by atoms with Gasteiger partial charge in [-0.05, 0) is 58.3 Å². The van der Waals surface area contributed by atoms with E-state index in [9.17, 15) is 9.59 Å². The topological polar surface area (TPSA) is 67.9 Å². The van der Waals surface area contributed by atoms with Crippen molar-refractivity contribution in [2.24, 2.45) is 0 Å². The highest BCUT2D eigenvalue weighted by Gasteiger charge is 2.34. The number of hydrazine groups is 1. The zero-order chi connectivity index (χ0) is 23.5. The molecular weight excluding hydrogens is 508 g/mol. The first-order chi connectivity index (χ1) is 15.9. The Morgan fingerprint density at radius 1 is 1.09 bits per heavy atom. The maximum absolute atomic E-state index is 12.9. The van der Waals surface area contributed by atoms with E-state index in [2.05, 4.69) is 21.4 Å². The van der Waals surface area contributed by atoms with E-state index in [1.54, 1.807) is 30.3 Å². The van der Waals surface area contributed by atoms with Crippen molar-refractivity contribution in [3.63, 3.8) is 0 Å². The molecule has 4 rings (SSSR count). The number of nitrogens with one attached hydrogen (secondary N) is 1. The summed E-state index contributed by atoms with van der Waals surface area (Å²) >= 11 is 10.1. The average Bonchev–Trinajstić information content (AvgIpc) is 3.10. The van der Waals surface area contributed by atoms with Gasteiger partial charge < -0.3 is 9.47 Å². The van der Waals surface area contributed by atoms with Crippen LogP contribution in [0, 0.1) is 6.92 Å². The zero-order valence-electron chi connectivity index (χ0n) is 17.9. The highest BCUT2D eigenvalue weighted by Crippen LogP contribution is 2.43. The summed E-state index contributed by atoms with van der Waals surface area (Å²) in [6.07, 6.45) is 1.48. The number of anilines is 1. The molecule has 33 heavy (non-hydrogen) atoms. The number of rotatable bonds is 6. The van der Waals surface area contributed by atoms with E-state index in [1.807, 2.05) is 37.3 Å². The highest BCUT2D eigenvalue weighted by molar-refractivity contribution is 9.10. The smallest absolute Gasteiger partial charge is 0.282 e. The fourth-order valence-corrected chi connectivity index (χ4v) is 4.09. The first-order valence-corrected chi connectivity index (χ1v) is 11.2. The summed E-state index contributed by atoms with van der Waals surface area (Å²) in [5, 5.41) is 1.49. The Balaban J connectivity index is 1.65. The van der Waals surface area contributed by atoms with Gasteiger partial charge in [-0.3, -0.25) is 15.0 Å². The Kier molecular flexibility index (Phi) is 6.72. The van der Waals surface area contributed by atoms with E-state index in [4.69, 9.17) is 21.1 Å². The molecule has 0 radical (unpaired) electrons. The molecule has 0 unspecified atom stereocenters. The number of amides is 2. The van der Waals surface area contributed by atoms with E-state index < -0.39 is 11.8 Å². The van der Waals surface area contributed by atoms with E-state index >= 15 is 0 Å². The lowest BCUT2D eigenvalue weighted by molar-refractivity contribution is -0.117. The Morgan fingerprint density at radius 2 is 1.85 bits per heavy atom. The van der Waals surface area contributed by atoms with E-state index in [0.29, 0.717) is 33.8 Å². The monoisotopic (exact) mass is 526 g/mol. The third-order valence-corrected chi connectivity index (χ3v) is 6.49. The largest absolute Gasteiger partial charge is 0.493 e. The number of benzene rings is 3.